The van der Waals surface area contributed by atoms with Crippen LogP contribution in [0.1, 0.15) is 0 Å². The average Bonchev–Trinajstić information content (AvgIpc) is 2.17. The first-order chi connectivity index (χ1) is 5.90. The number of hydrogen-bond acceptors (Lipinski definition) is 5. The van der Waals surface area contributed by atoms with Gasteiger partial charge in [0.25, 0.3) is 0 Å². The Kier molecular flexibility index (Phi) is 1.55. The number of carbonyl (C=O) groups excluding carboxylic acids is 1. The molecule has 0 fully saturated rings. The van der Waals surface area contributed by atoms with Crippen LogP contribution in [-0.2, 0) is 14.3 Å². The van der Waals surface area contributed by atoms with Gasteiger partial charge in [-0.05, 0) is 0 Å². The van der Waals surface area contributed by atoms with Gasteiger partial charge in [0.15, 0.2) is 12.5 Å². The van der Waals surface area contributed by atoms with E-state index in [0.717, 1.165) is 0 Å². The highest BCUT2D eigenvalue weighted by Crippen LogP contribution is 2.13. The molecule has 2 aliphatic heterocycles. The van der Waals surface area contributed by atoms with Crippen molar-refractivity contribution < 1.29 is 14.3 Å². The summed E-state index contributed by atoms with van der Waals surface area (Å²) in [7, 11) is 0. The zero-order chi connectivity index (χ0) is 8.39. The van der Waals surface area contributed by atoms with E-state index in [1.807, 2.05) is 0 Å². The third-order valence-corrected chi connectivity index (χ3v) is 1.42. The first-order valence-electron chi connectivity index (χ1n) is 3.38. The van der Waals surface area contributed by atoms with E-state index in [0.29, 0.717) is 17.9 Å². The molecule has 12 heavy (non-hydrogen) atoms. The summed E-state index contributed by atoms with van der Waals surface area (Å²) in [5, 5.41) is 2.72. The molecule has 2 aliphatic rings. The Morgan fingerprint density at radius 2 is 2.33 bits per heavy atom. The largest absolute Gasteiger partial charge is 0.455 e. The van der Waals surface area contributed by atoms with Crippen molar-refractivity contribution in [3.05, 3.63) is 24.2 Å². The van der Waals surface area contributed by atoms with Gasteiger partial charge in [-0.15, -0.1) is 0 Å². The van der Waals surface area contributed by atoms with Gasteiger partial charge in [-0.2, -0.15) is 0 Å². The van der Waals surface area contributed by atoms with Gasteiger partial charge >= 0.3 is 0 Å². The molecule has 0 radical (unpaired) electrons. The topological polar surface area (TPSA) is 59.9 Å². The quantitative estimate of drug-likeness (QED) is 0.551. The lowest BCUT2D eigenvalue weighted by Gasteiger charge is -2.20. The van der Waals surface area contributed by atoms with E-state index in [9.17, 15) is 4.79 Å². The number of carbonyl (C=O) groups is 1. The fourth-order valence-electron chi connectivity index (χ4n) is 0.891. The predicted octanol–water partition coefficient (Wildman–Crippen LogP) is -0.128. The number of aliphatic imine (C=N–C) groups is 1. The summed E-state index contributed by atoms with van der Waals surface area (Å²) >= 11 is 0. The fraction of sp³-hybridized carbons (Fsp3) is 0.143. The monoisotopic (exact) mass is 166 g/mol. The van der Waals surface area contributed by atoms with Gasteiger partial charge in [0.2, 0.25) is 11.6 Å². The van der Waals surface area contributed by atoms with Crippen LogP contribution in [0.25, 0.3) is 0 Å². The van der Waals surface area contributed by atoms with Crippen molar-refractivity contribution in [2.45, 2.75) is 6.17 Å². The molecule has 5 nitrogen and oxygen atoms in total. The number of hydrogen-bond donors (Lipinski definition) is 1. The number of nitrogens with one attached hydrogen (secondary N) is 1. The van der Waals surface area contributed by atoms with Gasteiger partial charge in [-0.3, -0.25) is 9.79 Å². The van der Waals surface area contributed by atoms with E-state index in [2.05, 4.69) is 10.3 Å². The molecule has 0 saturated heterocycles. The Labute approximate surface area is 68.4 Å². The maximum atomic E-state index is 10.3. The minimum atomic E-state index is -0.571. The highest BCUT2D eigenvalue weighted by atomic mass is 16.6. The lowest BCUT2D eigenvalue weighted by Crippen LogP contribution is -2.34. The Morgan fingerprint density at radius 1 is 1.50 bits per heavy atom. The Balaban J connectivity index is 2.18. The molecule has 1 atom stereocenters. The summed E-state index contributed by atoms with van der Waals surface area (Å²) in [6.07, 6.45) is 4.34. The number of aldehydes is 1. The van der Waals surface area contributed by atoms with Crippen LogP contribution in [0.4, 0.5) is 0 Å². The second-order valence-electron chi connectivity index (χ2n) is 2.20. The standard InChI is InChI=1S/C7H6N2O3/c10-4-6-8-3-5-7(9-6)12-2-1-11-5/h1-4,6,9H. The molecular weight excluding hydrogens is 160 g/mol. The van der Waals surface area contributed by atoms with Crippen LogP contribution in [0, 0.1) is 0 Å². The summed E-state index contributed by atoms with van der Waals surface area (Å²) in [6, 6.07) is 0. The summed E-state index contributed by atoms with van der Waals surface area (Å²) in [4.78, 5) is 14.2. The van der Waals surface area contributed by atoms with Crippen molar-refractivity contribution >= 4 is 12.5 Å². The molecule has 1 unspecified atom stereocenters. The van der Waals surface area contributed by atoms with Crippen molar-refractivity contribution in [2.24, 2.45) is 4.99 Å². The minimum Gasteiger partial charge on any atom is -0.455 e. The summed E-state index contributed by atoms with van der Waals surface area (Å²) < 4.78 is 10.0. The van der Waals surface area contributed by atoms with Crippen LogP contribution in [0.15, 0.2) is 29.2 Å². The molecule has 0 amide bonds. The van der Waals surface area contributed by atoms with E-state index >= 15 is 0 Å². The number of allylic oxidation sites excluding steroid dienone is 1. The van der Waals surface area contributed by atoms with Crippen molar-refractivity contribution in [1.29, 1.82) is 0 Å². The van der Waals surface area contributed by atoms with E-state index in [4.69, 9.17) is 9.47 Å². The van der Waals surface area contributed by atoms with Crippen molar-refractivity contribution in [3.63, 3.8) is 0 Å². The van der Waals surface area contributed by atoms with Gasteiger partial charge in [0.05, 0.1) is 6.21 Å². The smallest absolute Gasteiger partial charge is 0.239 e. The van der Waals surface area contributed by atoms with Gasteiger partial charge in [-0.1, -0.05) is 0 Å². The van der Waals surface area contributed by atoms with Crippen molar-refractivity contribution in [2.75, 3.05) is 0 Å². The van der Waals surface area contributed by atoms with E-state index in [1.54, 1.807) is 0 Å². The Morgan fingerprint density at radius 3 is 3.17 bits per heavy atom. The van der Waals surface area contributed by atoms with Gasteiger partial charge < -0.3 is 14.8 Å². The molecule has 0 aromatic carbocycles. The molecule has 0 spiro atoms. The maximum absolute atomic E-state index is 10.3. The third kappa shape index (κ3) is 1.05. The van der Waals surface area contributed by atoms with Crippen LogP contribution in [0.2, 0.25) is 0 Å². The molecule has 0 aromatic rings. The van der Waals surface area contributed by atoms with Crippen LogP contribution in [-0.4, -0.2) is 18.7 Å². The van der Waals surface area contributed by atoms with E-state index < -0.39 is 6.17 Å². The molecule has 0 aromatic heterocycles. The van der Waals surface area contributed by atoms with Crippen LogP contribution < -0.4 is 5.32 Å². The molecule has 0 aliphatic carbocycles. The summed E-state index contributed by atoms with van der Waals surface area (Å²) in [6.45, 7) is 0. The molecule has 62 valence electrons. The van der Waals surface area contributed by atoms with Crippen molar-refractivity contribution in [3.8, 4) is 0 Å². The lowest BCUT2D eigenvalue weighted by molar-refractivity contribution is -0.109. The van der Waals surface area contributed by atoms with Crippen molar-refractivity contribution in [1.82, 2.24) is 5.32 Å². The third-order valence-electron chi connectivity index (χ3n) is 1.42. The maximum Gasteiger partial charge on any atom is 0.239 e. The van der Waals surface area contributed by atoms with E-state index in [1.165, 1.54) is 18.7 Å². The molecule has 1 N–H and O–H groups in total. The lowest BCUT2D eigenvalue weighted by atomic mass is 10.4. The van der Waals surface area contributed by atoms with Crippen LogP contribution in [0.5, 0.6) is 0 Å². The number of ether oxygens (including phenoxy) is 2. The Hall–Kier alpha value is -1.78. The normalized spacial score (nSPS) is 25.2. The number of rotatable bonds is 1. The zero-order valence-corrected chi connectivity index (χ0v) is 6.06. The highest BCUT2D eigenvalue weighted by molar-refractivity contribution is 5.80. The Bertz CT molecular complexity index is 293. The van der Waals surface area contributed by atoms with Gasteiger partial charge in [-0.25, -0.2) is 0 Å². The fourth-order valence-corrected chi connectivity index (χ4v) is 0.891. The molecular formula is C7H6N2O3. The summed E-state index contributed by atoms with van der Waals surface area (Å²) in [5.41, 5.74) is 0. The van der Waals surface area contributed by atoms with E-state index in [-0.39, 0.29) is 0 Å². The molecule has 0 saturated carbocycles. The minimum absolute atomic E-state index is 0.421. The summed E-state index contributed by atoms with van der Waals surface area (Å²) in [5.74, 6) is 0.903. The van der Waals surface area contributed by atoms with Gasteiger partial charge in [0.1, 0.15) is 12.5 Å². The second-order valence-corrected chi connectivity index (χ2v) is 2.20. The highest BCUT2D eigenvalue weighted by Gasteiger charge is 2.19. The first-order valence-corrected chi connectivity index (χ1v) is 3.38. The van der Waals surface area contributed by atoms with Crippen LogP contribution in [0.3, 0.4) is 0 Å². The van der Waals surface area contributed by atoms with Gasteiger partial charge in [0, 0.05) is 0 Å². The number of nitrogens with zero attached hydrogens (tertiary/aromatic N) is 1. The average molecular weight is 166 g/mol. The molecule has 0 bridgehead atoms. The first kappa shape index (κ1) is 6.90. The zero-order valence-electron chi connectivity index (χ0n) is 6.06. The predicted molar refractivity (Wildman–Crippen MR) is 39.8 cm³/mol. The van der Waals surface area contributed by atoms with Crippen LogP contribution >= 0.6 is 0 Å². The second kappa shape index (κ2) is 2.69. The molecule has 5 heteroatoms. The SMILES string of the molecule is O=CC1N=CC2=C(N1)OC=CO2. The molecule has 2 heterocycles. The molecule has 2 rings (SSSR count).